The zero-order chi connectivity index (χ0) is 15.4. The number of rotatable bonds is 3. The van der Waals surface area contributed by atoms with E-state index in [2.05, 4.69) is 23.5 Å². The van der Waals surface area contributed by atoms with Gasteiger partial charge in [0.2, 0.25) is 5.91 Å². The highest BCUT2D eigenvalue weighted by Crippen LogP contribution is 2.29. The molecule has 2 nitrogen and oxygen atoms in total. The van der Waals surface area contributed by atoms with Crippen LogP contribution in [-0.2, 0) is 11.2 Å². The summed E-state index contributed by atoms with van der Waals surface area (Å²) in [6.45, 7) is 0. The van der Waals surface area contributed by atoms with Crippen molar-refractivity contribution in [2.75, 3.05) is 0 Å². The highest BCUT2D eigenvalue weighted by atomic mass is 35.5. The molecule has 112 valence electrons. The van der Waals surface area contributed by atoms with E-state index in [1.54, 1.807) is 12.2 Å². The van der Waals surface area contributed by atoms with Crippen molar-refractivity contribution in [2.45, 2.75) is 25.3 Å². The molecule has 3 rings (SSSR count). The van der Waals surface area contributed by atoms with Crippen molar-refractivity contribution >= 4 is 23.6 Å². The van der Waals surface area contributed by atoms with Crippen LogP contribution in [0.4, 0.5) is 0 Å². The Morgan fingerprint density at radius 2 is 1.91 bits per heavy atom. The minimum Gasteiger partial charge on any atom is -0.346 e. The average Bonchev–Trinajstić information content (AvgIpc) is 2.55. The van der Waals surface area contributed by atoms with Gasteiger partial charge in [-0.3, -0.25) is 4.79 Å². The van der Waals surface area contributed by atoms with E-state index in [1.165, 1.54) is 11.1 Å². The second-order valence-corrected chi connectivity index (χ2v) is 5.97. The number of benzene rings is 2. The fourth-order valence-corrected chi connectivity index (χ4v) is 3.00. The van der Waals surface area contributed by atoms with Crippen LogP contribution in [-0.4, -0.2) is 5.91 Å². The van der Waals surface area contributed by atoms with E-state index in [4.69, 9.17) is 11.6 Å². The summed E-state index contributed by atoms with van der Waals surface area (Å²) in [5.41, 5.74) is 3.56. The van der Waals surface area contributed by atoms with Gasteiger partial charge in [0.15, 0.2) is 0 Å². The fraction of sp³-hybridized carbons (Fsp3) is 0.211. The molecule has 22 heavy (non-hydrogen) atoms. The summed E-state index contributed by atoms with van der Waals surface area (Å²) in [5, 5.41) is 3.80. The Morgan fingerprint density at radius 1 is 1.14 bits per heavy atom. The lowest BCUT2D eigenvalue weighted by Gasteiger charge is -2.25. The van der Waals surface area contributed by atoms with Gasteiger partial charge in [0.25, 0.3) is 0 Å². The predicted octanol–water partition coefficient (Wildman–Crippen LogP) is 4.55. The van der Waals surface area contributed by atoms with Gasteiger partial charge >= 0.3 is 0 Å². The molecule has 1 aliphatic rings. The fourth-order valence-electron chi connectivity index (χ4n) is 2.87. The lowest BCUT2D eigenvalue weighted by Crippen LogP contribution is -2.29. The van der Waals surface area contributed by atoms with Gasteiger partial charge in [-0.25, -0.2) is 0 Å². The summed E-state index contributed by atoms with van der Waals surface area (Å²) in [7, 11) is 0. The molecule has 2 aromatic carbocycles. The largest absolute Gasteiger partial charge is 0.346 e. The van der Waals surface area contributed by atoms with Crippen molar-refractivity contribution in [1.82, 2.24) is 5.32 Å². The summed E-state index contributed by atoms with van der Waals surface area (Å²) in [6.07, 6.45) is 6.60. The molecular weight excluding hydrogens is 294 g/mol. The Kier molecular flexibility index (Phi) is 4.59. The molecule has 0 heterocycles. The number of amides is 1. The molecule has 0 bridgehead atoms. The third-order valence-corrected chi connectivity index (χ3v) is 4.24. The van der Waals surface area contributed by atoms with Crippen molar-refractivity contribution < 1.29 is 4.79 Å². The van der Waals surface area contributed by atoms with Crippen molar-refractivity contribution in [2.24, 2.45) is 0 Å². The first-order valence-electron chi connectivity index (χ1n) is 7.54. The van der Waals surface area contributed by atoms with Gasteiger partial charge in [-0.2, -0.15) is 0 Å². The summed E-state index contributed by atoms with van der Waals surface area (Å²) in [6, 6.07) is 15.9. The van der Waals surface area contributed by atoms with Gasteiger partial charge in [0.1, 0.15) is 0 Å². The molecule has 0 radical (unpaired) electrons. The molecule has 0 saturated carbocycles. The average molecular weight is 312 g/mol. The van der Waals surface area contributed by atoms with E-state index in [0.717, 1.165) is 24.8 Å². The number of carbonyl (C=O) groups is 1. The minimum atomic E-state index is -0.0587. The van der Waals surface area contributed by atoms with Crippen LogP contribution in [0, 0.1) is 0 Å². The minimum absolute atomic E-state index is 0.0587. The third-order valence-electron chi connectivity index (χ3n) is 3.98. The molecule has 2 aromatic rings. The summed E-state index contributed by atoms with van der Waals surface area (Å²) in [4.78, 5) is 12.1. The first-order chi connectivity index (χ1) is 10.7. The van der Waals surface area contributed by atoms with Crippen LogP contribution in [0.15, 0.2) is 54.6 Å². The Labute approximate surface area is 135 Å². The van der Waals surface area contributed by atoms with Crippen LogP contribution < -0.4 is 5.32 Å². The Balaban J connectivity index is 1.66. The van der Waals surface area contributed by atoms with Crippen LogP contribution in [0.5, 0.6) is 0 Å². The van der Waals surface area contributed by atoms with Gasteiger partial charge in [-0.05, 0) is 54.2 Å². The quantitative estimate of drug-likeness (QED) is 0.828. The third kappa shape index (κ3) is 3.58. The van der Waals surface area contributed by atoms with Gasteiger partial charge in [0.05, 0.1) is 6.04 Å². The van der Waals surface area contributed by atoms with E-state index in [-0.39, 0.29) is 11.9 Å². The molecule has 0 aromatic heterocycles. The maximum atomic E-state index is 12.1. The maximum absolute atomic E-state index is 12.1. The molecule has 1 unspecified atom stereocenters. The van der Waals surface area contributed by atoms with E-state index >= 15 is 0 Å². The summed E-state index contributed by atoms with van der Waals surface area (Å²) < 4.78 is 0. The van der Waals surface area contributed by atoms with Gasteiger partial charge in [-0.1, -0.05) is 48.0 Å². The molecule has 0 aliphatic heterocycles. The number of fused-ring (bicyclic) bond motifs is 1. The molecule has 1 N–H and O–H groups in total. The van der Waals surface area contributed by atoms with E-state index in [9.17, 15) is 4.79 Å². The maximum Gasteiger partial charge on any atom is 0.244 e. The Bertz CT molecular complexity index is 691. The van der Waals surface area contributed by atoms with Crippen molar-refractivity contribution in [1.29, 1.82) is 0 Å². The zero-order valence-electron chi connectivity index (χ0n) is 12.3. The number of aryl methyl sites for hydroxylation is 1. The molecule has 1 amide bonds. The van der Waals surface area contributed by atoms with Crippen molar-refractivity contribution in [3.63, 3.8) is 0 Å². The SMILES string of the molecule is O=C(/C=C/c1ccc(Cl)cc1)NC1CCCc2ccccc21. The second kappa shape index (κ2) is 6.80. The summed E-state index contributed by atoms with van der Waals surface area (Å²) >= 11 is 5.85. The van der Waals surface area contributed by atoms with E-state index < -0.39 is 0 Å². The predicted molar refractivity (Wildman–Crippen MR) is 90.7 cm³/mol. The van der Waals surface area contributed by atoms with Crippen LogP contribution in [0.3, 0.4) is 0 Å². The number of nitrogens with one attached hydrogen (secondary N) is 1. The molecular formula is C19H18ClNO. The monoisotopic (exact) mass is 311 g/mol. The number of halogens is 1. The smallest absolute Gasteiger partial charge is 0.244 e. The topological polar surface area (TPSA) is 29.1 Å². The van der Waals surface area contributed by atoms with Gasteiger partial charge in [0, 0.05) is 11.1 Å². The lowest BCUT2D eigenvalue weighted by atomic mass is 9.88. The highest BCUT2D eigenvalue weighted by molar-refractivity contribution is 6.30. The van der Waals surface area contributed by atoms with Crippen LogP contribution >= 0.6 is 11.6 Å². The lowest BCUT2D eigenvalue weighted by molar-refractivity contribution is -0.117. The Hall–Kier alpha value is -2.06. The molecule has 1 atom stereocenters. The second-order valence-electron chi connectivity index (χ2n) is 5.54. The number of hydrogen-bond donors (Lipinski definition) is 1. The van der Waals surface area contributed by atoms with Crippen molar-refractivity contribution in [3.05, 3.63) is 76.3 Å². The van der Waals surface area contributed by atoms with Crippen LogP contribution in [0.25, 0.3) is 6.08 Å². The number of carbonyl (C=O) groups excluding carboxylic acids is 1. The molecule has 0 fully saturated rings. The zero-order valence-corrected chi connectivity index (χ0v) is 13.0. The normalized spacial score (nSPS) is 17.2. The molecule has 0 spiro atoms. The first-order valence-corrected chi connectivity index (χ1v) is 7.92. The molecule has 3 heteroatoms. The summed E-state index contributed by atoms with van der Waals surface area (Å²) in [5.74, 6) is -0.0587. The number of hydrogen-bond acceptors (Lipinski definition) is 1. The van der Waals surface area contributed by atoms with Crippen LogP contribution in [0.2, 0.25) is 5.02 Å². The van der Waals surface area contributed by atoms with Crippen LogP contribution in [0.1, 0.15) is 35.6 Å². The van der Waals surface area contributed by atoms with E-state index in [0.29, 0.717) is 5.02 Å². The standard InChI is InChI=1S/C19H18ClNO/c20-16-11-8-14(9-12-16)10-13-19(22)21-18-7-3-5-15-4-1-2-6-17(15)18/h1-2,4,6,8-13,18H,3,5,7H2,(H,21,22)/b13-10+. The molecule has 0 saturated heterocycles. The Morgan fingerprint density at radius 3 is 2.73 bits per heavy atom. The first kappa shape index (κ1) is 14.9. The van der Waals surface area contributed by atoms with Gasteiger partial charge < -0.3 is 5.32 Å². The van der Waals surface area contributed by atoms with E-state index in [1.807, 2.05) is 30.3 Å². The van der Waals surface area contributed by atoms with Crippen molar-refractivity contribution in [3.8, 4) is 0 Å². The highest BCUT2D eigenvalue weighted by Gasteiger charge is 2.20. The molecule has 1 aliphatic carbocycles. The van der Waals surface area contributed by atoms with Gasteiger partial charge in [-0.15, -0.1) is 0 Å².